The van der Waals surface area contributed by atoms with E-state index in [1.54, 1.807) is 0 Å². The minimum absolute atomic E-state index is 0. The fraction of sp³-hybridized carbons (Fsp3) is 0.650. The van der Waals surface area contributed by atoms with Gasteiger partial charge in [-0.2, -0.15) is 0 Å². The molecule has 1 aliphatic heterocycles. The third-order valence-electron chi connectivity index (χ3n) is 4.36. The molecular weight excluding hydrogens is 352 g/mol. The first-order valence-corrected chi connectivity index (χ1v) is 9.62. The van der Waals surface area contributed by atoms with Gasteiger partial charge in [0.2, 0.25) is 5.91 Å². The molecule has 0 radical (unpaired) electrons. The van der Waals surface area contributed by atoms with Crippen LogP contribution in [-0.4, -0.2) is 43.7 Å². The summed E-state index contributed by atoms with van der Waals surface area (Å²) in [7, 11) is 0. The van der Waals surface area contributed by atoms with Gasteiger partial charge in [-0.1, -0.05) is 25.5 Å². The van der Waals surface area contributed by atoms with E-state index < -0.39 is 0 Å². The zero-order chi connectivity index (χ0) is 17.9. The standard InChI is InChI=1S/C20H32N2O3.ClH/c1-3-15-25-20-17(9-8-10-18(20)24-4-2)16-21-12-14-22-13-7-5-6-11-19(22)23;/h8-10,21H,3-7,11-16H2,1-2H3;1H. The van der Waals surface area contributed by atoms with Crippen LogP contribution < -0.4 is 14.8 Å². The molecule has 0 spiro atoms. The van der Waals surface area contributed by atoms with Gasteiger partial charge in [0.05, 0.1) is 13.2 Å². The SMILES string of the molecule is CCCOc1c(CNCCN2CCCCCC2=O)cccc1OCC.Cl. The molecule has 1 aliphatic rings. The number of ether oxygens (including phenoxy) is 2. The topological polar surface area (TPSA) is 50.8 Å². The Morgan fingerprint density at radius 3 is 2.77 bits per heavy atom. The largest absolute Gasteiger partial charge is 0.490 e. The molecule has 0 saturated carbocycles. The lowest BCUT2D eigenvalue weighted by molar-refractivity contribution is -0.130. The van der Waals surface area contributed by atoms with Crippen LogP contribution in [-0.2, 0) is 11.3 Å². The number of likely N-dealkylation sites (tertiary alicyclic amines) is 1. The van der Waals surface area contributed by atoms with Gasteiger partial charge in [-0.15, -0.1) is 12.4 Å². The van der Waals surface area contributed by atoms with Crippen molar-refractivity contribution in [3.63, 3.8) is 0 Å². The third-order valence-corrected chi connectivity index (χ3v) is 4.36. The van der Waals surface area contributed by atoms with Crippen LogP contribution in [0.5, 0.6) is 11.5 Å². The number of hydrogen-bond donors (Lipinski definition) is 1. The number of nitrogens with zero attached hydrogens (tertiary/aromatic N) is 1. The third kappa shape index (κ3) is 7.04. The van der Waals surface area contributed by atoms with Gasteiger partial charge in [-0.05, 0) is 32.3 Å². The van der Waals surface area contributed by atoms with Crippen molar-refractivity contribution >= 4 is 18.3 Å². The summed E-state index contributed by atoms with van der Waals surface area (Å²) in [6, 6.07) is 6.02. The second-order valence-corrected chi connectivity index (χ2v) is 6.39. The molecular formula is C20H33ClN2O3. The summed E-state index contributed by atoms with van der Waals surface area (Å²) in [6.45, 7) is 8.54. The lowest BCUT2D eigenvalue weighted by atomic mass is 10.2. The van der Waals surface area contributed by atoms with E-state index in [9.17, 15) is 4.79 Å². The van der Waals surface area contributed by atoms with E-state index in [4.69, 9.17) is 9.47 Å². The fourth-order valence-electron chi connectivity index (χ4n) is 3.05. The molecule has 1 amide bonds. The molecule has 1 aromatic rings. The Kier molecular flexibility index (Phi) is 11.1. The number of amides is 1. The fourth-order valence-corrected chi connectivity index (χ4v) is 3.05. The summed E-state index contributed by atoms with van der Waals surface area (Å²) in [6.07, 6.45) is 4.98. The predicted octanol–water partition coefficient (Wildman–Crippen LogP) is 3.79. The van der Waals surface area contributed by atoms with Crippen molar-refractivity contribution in [3.05, 3.63) is 23.8 Å². The molecule has 0 aliphatic carbocycles. The maximum atomic E-state index is 12.0. The number of hydrogen-bond acceptors (Lipinski definition) is 4. The second kappa shape index (κ2) is 12.8. The molecule has 0 bridgehead atoms. The Labute approximate surface area is 163 Å². The number of rotatable bonds is 10. The highest BCUT2D eigenvalue weighted by Crippen LogP contribution is 2.31. The van der Waals surface area contributed by atoms with Gasteiger partial charge in [0.15, 0.2) is 11.5 Å². The van der Waals surface area contributed by atoms with Gasteiger partial charge in [0.1, 0.15) is 0 Å². The van der Waals surface area contributed by atoms with Gasteiger partial charge in [0.25, 0.3) is 0 Å². The number of carbonyl (C=O) groups is 1. The minimum Gasteiger partial charge on any atom is -0.490 e. The summed E-state index contributed by atoms with van der Waals surface area (Å²) >= 11 is 0. The van der Waals surface area contributed by atoms with Crippen molar-refractivity contribution < 1.29 is 14.3 Å². The number of nitrogens with one attached hydrogen (secondary N) is 1. The van der Waals surface area contributed by atoms with Crippen LogP contribution in [0.3, 0.4) is 0 Å². The van der Waals surface area contributed by atoms with Crippen molar-refractivity contribution in [1.29, 1.82) is 0 Å². The summed E-state index contributed by atoms with van der Waals surface area (Å²) < 4.78 is 11.6. The van der Waals surface area contributed by atoms with Gasteiger partial charge in [-0.3, -0.25) is 4.79 Å². The lowest BCUT2D eigenvalue weighted by Crippen LogP contribution is -2.36. The van der Waals surface area contributed by atoms with Crippen LogP contribution in [0.15, 0.2) is 18.2 Å². The first-order valence-electron chi connectivity index (χ1n) is 9.62. The van der Waals surface area contributed by atoms with Crippen LogP contribution in [0.2, 0.25) is 0 Å². The van der Waals surface area contributed by atoms with Crippen molar-refractivity contribution in [1.82, 2.24) is 10.2 Å². The predicted molar refractivity (Wildman–Crippen MR) is 107 cm³/mol. The van der Waals surface area contributed by atoms with Crippen molar-refractivity contribution in [2.24, 2.45) is 0 Å². The Balaban J connectivity index is 0.00000338. The van der Waals surface area contributed by atoms with Crippen molar-refractivity contribution in [2.75, 3.05) is 32.8 Å². The van der Waals surface area contributed by atoms with Gasteiger partial charge >= 0.3 is 0 Å². The average Bonchev–Trinajstić information content (AvgIpc) is 2.82. The number of benzene rings is 1. The molecule has 26 heavy (non-hydrogen) atoms. The van der Waals surface area contributed by atoms with Gasteiger partial charge in [-0.25, -0.2) is 0 Å². The number of halogens is 1. The van der Waals surface area contributed by atoms with Crippen LogP contribution in [0.4, 0.5) is 0 Å². The van der Waals surface area contributed by atoms with Crippen LogP contribution >= 0.6 is 12.4 Å². The first-order chi connectivity index (χ1) is 12.3. The van der Waals surface area contributed by atoms with Gasteiger partial charge in [0, 0.05) is 38.2 Å². The first kappa shape index (κ1) is 22.6. The van der Waals surface area contributed by atoms with Crippen molar-refractivity contribution in [3.8, 4) is 11.5 Å². The van der Waals surface area contributed by atoms with Crippen LogP contribution in [0, 0.1) is 0 Å². The van der Waals surface area contributed by atoms with E-state index in [0.29, 0.717) is 32.1 Å². The molecule has 6 heteroatoms. The smallest absolute Gasteiger partial charge is 0.222 e. The molecule has 1 fully saturated rings. The maximum absolute atomic E-state index is 12.0. The number of carbonyl (C=O) groups excluding carboxylic acids is 1. The molecule has 1 N–H and O–H groups in total. The average molecular weight is 385 g/mol. The van der Waals surface area contributed by atoms with E-state index >= 15 is 0 Å². The molecule has 148 valence electrons. The minimum atomic E-state index is 0. The van der Waals surface area contributed by atoms with E-state index in [-0.39, 0.29) is 12.4 Å². The molecule has 1 saturated heterocycles. The van der Waals surface area contributed by atoms with Crippen molar-refractivity contribution in [2.45, 2.75) is 52.5 Å². The van der Waals surface area contributed by atoms with E-state index in [1.165, 1.54) is 0 Å². The molecule has 1 heterocycles. The summed E-state index contributed by atoms with van der Waals surface area (Å²) in [5.41, 5.74) is 1.10. The molecule has 2 rings (SSSR count). The lowest BCUT2D eigenvalue weighted by Gasteiger charge is -2.21. The van der Waals surface area contributed by atoms with E-state index in [2.05, 4.69) is 18.3 Å². The van der Waals surface area contributed by atoms with Crippen LogP contribution in [0.1, 0.15) is 51.5 Å². The zero-order valence-corrected chi connectivity index (χ0v) is 16.9. The summed E-state index contributed by atoms with van der Waals surface area (Å²) in [5, 5.41) is 3.45. The molecule has 0 unspecified atom stereocenters. The highest BCUT2D eigenvalue weighted by Gasteiger charge is 2.16. The Morgan fingerprint density at radius 2 is 2.00 bits per heavy atom. The molecule has 0 aromatic heterocycles. The van der Waals surface area contributed by atoms with Gasteiger partial charge < -0.3 is 19.7 Å². The maximum Gasteiger partial charge on any atom is 0.222 e. The normalized spacial score (nSPS) is 14.5. The molecule has 0 atom stereocenters. The zero-order valence-electron chi connectivity index (χ0n) is 16.1. The Bertz CT molecular complexity index is 540. The monoisotopic (exact) mass is 384 g/mol. The Morgan fingerprint density at radius 1 is 1.15 bits per heavy atom. The van der Waals surface area contributed by atoms with E-state index in [1.807, 2.05) is 24.0 Å². The highest BCUT2D eigenvalue weighted by atomic mass is 35.5. The second-order valence-electron chi connectivity index (χ2n) is 6.39. The highest BCUT2D eigenvalue weighted by molar-refractivity contribution is 5.85. The van der Waals surface area contributed by atoms with Crippen LogP contribution in [0.25, 0.3) is 0 Å². The summed E-state index contributed by atoms with van der Waals surface area (Å²) in [4.78, 5) is 14.0. The number of para-hydroxylation sites is 1. The Hall–Kier alpha value is -1.46. The molecule has 1 aromatic carbocycles. The molecule has 5 nitrogen and oxygen atoms in total. The summed E-state index contributed by atoms with van der Waals surface area (Å²) in [5.74, 6) is 1.94. The van der Waals surface area contributed by atoms with E-state index in [0.717, 1.165) is 62.4 Å². The quantitative estimate of drug-likeness (QED) is 0.623.